The van der Waals surface area contributed by atoms with E-state index in [1.54, 1.807) is 24.3 Å². The molecule has 0 saturated carbocycles. The van der Waals surface area contributed by atoms with E-state index in [0.717, 1.165) is 11.3 Å². The summed E-state index contributed by atoms with van der Waals surface area (Å²) in [6.07, 6.45) is 0. The van der Waals surface area contributed by atoms with Crippen LogP contribution in [0.3, 0.4) is 0 Å². The van der Waals surface area contributed by atoms with Gasteiger partial charge in [0.05, 0.1) is 5.69 Å². The van der Waals surface area contributed by atoms with Crippen molar-refractivity contribution in [1.29, 1.82) is 0 Å². The molecule has 0 atom stereocenters. The molecule has 0 fully saturated rings. The van der Waals surface area contributed by atoms with E-state index in [1.807, 2.05) is 29.6 Å². The quantitative estimate of drug-likeness (QED) is 0.560. The summed E-state index contributed by atoms with van der Waals surface area (Å²) in [6.45, 7) is 0. The molecule has 0 aliphatic carbocycles. The largest absolute Gasteiger partial charge is 0.298 e. The van der Waals surface area contributed by atoms with Crippen LogP contribution in [0.4, 0.5) is 5.13 Å². The Balaban J connectivity index is 1.77. The Kier molecular flexibility index (Phi) is 4.75. The van der Waals surface area contributed by atoms with E-state index in [9.17, 15) is 4.79 Å². The zero-order valence-corrected chi connectivity index (χ0v) is 14.9. The van der Waals surface area contributed by atoms with Crippen LogP contribution < -0.4 is 5.32 Å². The lowest BCUT2D eigenvalue weighted by molar-refractivity contribution is 0.102. The van der Waals surface area contributed by atoms with Gasteiger partial charge in [-0.3, -0.25) is 10.1 Å². The maximum atomic E-state index is 12.2. The maximum Gasteiger partial charge on any atom is 0.257 e. The smallest absolute Gasteiger partial charge is 0.257 e. The van der Waals surface area contributed by atoms with Crippen molar-refractivity contribution in [2.24, 2.45) is 0 Å². The Bertz CT molecular complexity index is 817. The van der Waals surface area contributed by atoms with Crippen molar-refractivity contribution in [3.63, 3.8) is 0 Å². The van der Waals surface area contributed by atoms with Crippen molar-refractivity contribution in [2.75, 3.05) is 5.32 Å². The topological polar surface area (TPSA) is 42.0 Å². The van der Waals surface area contributed by atoms with Gasteiger partial charge in [0, 0.05) is 25.1 Å². The molecule has 1 amide bonds. The minimum atomic E-state index is -0.217. The summed E-state index contributed by atoms with van der Waals surface area (Å²) < 4.78 is 1.17. The number of hydrogen-bond acceptors (Lipinski definition) is 3. The van der Waals surface area contributed by atoms with E-state index in [1.165, 1.54) is 14.9 Å². The number of amides is 1. The van der Waals surface area contributed by atoms with Gasteiger partial charge in [0.1, 0.15) is 0 Å². The van der Waals surface area contributed by atoms with Crippen LogP contribution in [-0.2, 0) is 0 Å². The molecule has 0 radical (unpaired) electrons. The third-order valence-electron chi connectivity index (χ3n) is 2.95. The van der Waals surface area contributed by atoms with Gasteiger partial charge in [0.2, 0.25) is 0 Å². The number of benzene rings is 2. The summed E-state index contributed by atoms with van der Waals surface area (Å²) in [5.41, 5.74) is 2.39. The lowest BCUT2D eigenvalue weighted by Gasteiger charge is -2.02. The summed E-state index contributed by atoms with van der Waals surface area (Å²) in [6, 6.07) is 14.9. The molecule has 22 heavy (non-hydrogen) atoms. The predicted octanol–water partition coefficient (Wildman–Crippen LogP) is 5.32. The van der Waals surface area contributed by atoms with Crippen LogP contribution in [0.25, 0.3) is 11.3 Å². The van der Waals surface area contributed by atoms with E-state index in [-0.39, 0.29) is 5.91 Å². The Hall–Kier alpha value is -1.44. The second-order valence-electron chi connectivity index (χ2n) is 4.51. The Morgan fingerprint density at radius 2 is 1.95 bits per heavy atom. The number of hydrogen-bond donors (Lipinski definition) is 1. The highest BCUT2D eigenvalue weighted by atomic mass is 127. The van der Waals surface area contributed by atoms with Crippen LogP contribution in [0.2, 0.25) is 5.02 Å². The average Bonchev–Trinajstić information content (AvgIpc) is 2.96. The van der Waals surface area contributed by atoms with Crippen molar-refractivity contribution in [3.05, 3.63) is 68.1 Å². The van der Waals surface area contributed by atoms with Crippen molar-refractivity contribution in [2.45, 2.75) is 0 Å². The molecule has 0 spiro atoms. The lowest BCUT2D eigenvalue weighted by atomic mass is 10.2. The monoisotopic (exact) mass is 440 g/mol. The first kappa shape index (κ1) is 15.5. The van der Waals surface area contributed by atoms with Crippen molar-refractivity contribution < 1.29 is 4.79 Å². The molecule has 3 rings (SSSR count). The number of aromatic nitrogens is 1. The number of halogens is 2. The van der Waals surface area contributed by atoms with Crippen LogP contribution in [0.1, 0.15) is 10.4 Å². The molecule has 3 nitrogen and oxygen atoms in total. The third-order valence-corrected chi connectivity index (χ3v) is 4.66. The Morgan fingerprint density at radius 1 is 1.18 bits per heavy atom. The van der Waals surface area contributed by atoms with Crippen molar-refractivity contribution in [1.82, 2.24) is 4.98 Å². The lowest BCUT2D eigenvalue weighted by Crippen LogP contribution is -2.11. The van der Waals surface area contributed by atoms with Crippen LogP contribution >= 0.6 is 45.5 Å². The van der Waals surface area contributed by atoms with E-state index < -0.39 is 0 Å². The van der Waals surface area contributed by atoms with Gasteiger partial charge < -0.3 is 0 Å². The number of thiazole rings is 1. The van der Waals surface area contributed by atoms with Gasteiger partial charge in [-0.1, -0.05) is 29.8 Å². The standard InChI is InChI=1S/C16H10ClIN2OS/c17-12-3-1-2-11(8-12)15(21)20-16-19-14(9-22-16)10-4-6-13(18)7-5-10/h1-9H,(H,19,20,21). The summed E-state index contributed by atoms with van der Waals surface area (Å²) in [4.78, 5) is 16.6. The summed E-state index contributed by atoms with van der Waals surface area (Å²) in [7, 11) is 0. The van der Waals surface area contributed by atoms with Gasteiger partial charge in [-0.2, -0.15) is 0 Å². The normalized spacial score (nSPS) is 10.5. The van der Waals surface area contributed by atoms with Crippen molar-refractivity contribution in [3.8, 4) is 11.3 Å². The number of rotatable bonds is 3. The van der Waals surface area contributed by atoms with E-state index in [0.29, 0.717) is 15.7 Å². The minimum absolute atomic E-state index is 0.217. The molecule has 1 N–H and O–H groups in total. The van der Waals surface area contributed by atoms with Crippen LogP contribution in [0.15, 0.2) is 53.9 Å². The summed E-state index contributed by atoms with van der Waals surface area (Å²) >= 11 is 9.55. The SMILES string of the molecule is O=C(Nc1nc(-c2ccc(I)cc2)cs1)c1cccc(Cl)c1. The van der Waals surface area contributed by atoms with Gasteiger partial charge in [-0.05, 0) is 52.9 Å². The second-order valence-corrected chi connectivity index (χ2v) is 7.05. The van der Waals surface area contributed by atoms with Crippen molar-refractivity contribution >= 4 is 56.6 Å². The molecule has 110 valence electrons. The molecule has 1 aromatic heterocycles. The van der Waals surface area contributed by atoms with Crippen LogP contribution in [-0.4, -0.2) is 10.9 Å². The molecule has 6 heteroatoms. The number of anilines is 1. The minimum Gasteiger partial charge on any atom is -0.298 e. The summed E-state index contributed by atoms with van der Waals surface area (Å²) in [5.74, 6) is -0.217. The fraction of sp³-hybridized carbons (Fsp3) is 0. The maximum absolute atomic E-state index is 12.2. The van der Waals surface area contributed by atoms with Crippen LogP contribution in [0.5, 0.6) is 0 Å². The van der Waals surface area contributed by atoms with Gasteiger partial charge in [0.25, 0.3) is 5.91 Å². The predicted molar refractivity (Wildman–Crippen MR) is 99.7 cm³/mol. The molecule has 2 aromatic carbocycles. The molecule has 0 unspecified atom stereocenters. The Labute approximate surface area is 150 Å². The zero-order chi connectivity index (χ0) is 15.5. The Morgan fingerprint density at radius 3 is 2.68 bits per heavy atom. The fourth-order valence-electron chi connectivity index (χ4n) is 1.88. The number of nitrogens with one attached hydrogen (secondary N) is 1. The molecule has 0 aliphatic heterocycles. The molecule has 0 aliphatic rings. The second kappa shape index (κ2) is 6.76. The average molecular weight is 441 g/mol. The first-order chi connectivity index (χ1) is 10.6. The van der Waals surface area contributed by atoms with Gasteiger partial charge >= 0.3 is 0 Å². The first-order valence-corrected chi connectivity index (χ1v) is 8.74. The van der Waals surface area contributed by atoms with Gasteiger partial charge in [-0.25, -0.2) is 4.98 Å². The molecule has 0 saturated heterocycles. The van der Waals surface area contributed by atoms with E-state index >= 15 is 0 Å². The molecule has 3 aromatic rings. The molecule has 1 heterocycles. The molecular formula is C16H10ClIN2OS. The van der Waals surface area contributed by atoms with Crippen LogP contribution in [0, 0.1) is 3.57 Å². The highest BCUT2D eigenvalue weighted by Gasteiger charge is 2.10. The van der Waals surface area contributed by atoms with E-state index in [2.05, 4.69) is 32.9 Å². The molecular weight excluding hydrogens is 431 g/mol. The molecule has 0 bridgehead atoms. The van der Waals surface area contributed by atoms with E-state index in [4.69, 9.17) is 11.6 Å². The fourth-order valence-corrected chi connectivity index (χ4v) is 3.15. The zero-order valence-electron chi connectivity index (χ0n) is 11.2. The number of carbonyl (C=O) groups is 1. The third kappa shape index (κ3) is 3.66. The van der Waals surface area contributed by atoms with Gasteiger partial charge in [0.15, 0.2) is 5.13 Å². The number of carbonyl (C=O) groups excluding carboxylic acids is 1. The van der Waals surface area contributed by atoms with Gasteiger partial charge in [-0.15, -0.1) is 11.3 Å². The first-order valence-electron chi connectivity index (χ1n) is 6.40. The highest BCUT2D eigenvalue weighted by Crippen LogP contribution is 2.26. The highest BCUT2D eigenvalue weighted by molar-refractivity contribution is 14.1. The number of nitrogens with zero attached hydrogens (tertiary/aromatic N) is 1. The summed E-state index contributed by atoms with van der Waals surface area (Å²) in [5, 5.41) is 5.82.